The van der Waals surface area contributed by atoms with Crippen LogP contribution in [-0.2, 0) is 0 Å². The lowest BCUT2D eigenvalue weighted by atomic mass is 9.90. The van der Waals surface area contributed by atoms with Crippen LogP contribution in [0.4, 0.5) is 0 Å². The second-order valence-electron chi connectivity index (χ2n) is 4.24. The largest absolute Gasteiger partial charge is 0.0958 e. The van der Waals surface area contributed by atoms with E-state index in [2.05, 4.69) is 58.6 Å². The Labute approximate surface area is 99.8 Å². The van der Waals surface area contributed by atoms with E-state index < -0.39 is 0 Å². The molecule has 0 bridgehead atoms. The third-order valence-electron chi connectivity index (χ3n) is 3.13. The van der Waals surface area contributed by atoms with Crippen molar-refractivity contribution in [3.8, 4) is 0 Å². The zero-order chi connectivity index (χ0) is 12.1. The molecule has 0 saturated carbocycles. The molecule has 0 atom stereocenters. The maximum Gasteiger partial charge on any atom is -0.0225 e. The first kappa shape index (κ1) is 12.8. The summed E-state index contributed by atoms with van der Waals surface area (Å²) in [5.41, 5.74) is 6.81. The van der Waals surface area contributed by atoms with Gasteiger partial charge in [0.2, 0.25) is 0 Å². The smallest absolute Gasteiger partial charge is 0.0225 e. The zero-order valence-electron chi connectivity index (χ0n) is 10.9. The van der Waals surface area contributed by atoms with Crippen LogP contribution in [0.25, 0.3) is 0 Å². The Morgan fingerprint density at radius 3 is 1.88 bits per heavy atom. The Hall–Kier alpha value is -1.30. The summed E-state index contributed by atoms with van der Waals surface area (Å²) in [5.74, 6) is 0. The van der Waals surface area contributed by atoms with Crippen molar-refractivity contribution in [2.75, 3.05) is 0 Å². The molecule has 1 aliphatic rings. The van der Waals surface area contributed by atoms with Crippen LogP contribution >= 0.6 is 0 Å². The molecule has 0 heteroatoms. The molecule has 0 unspecified atom stereocenters. The van der Waals surface area contributed by atoms with Crippen molar-refractivity contribution in [2.24, 2.45) is 0 Å². The van der Waals surface area contributed by atoms with Crippen molar-refractivity contribution in [2.45, 2.75) is 40.5 Å². The van der Waals surface area contributed by atoms with Gasteiger partial charge in [0.05, 0.1) is 0 Å². The first-order chi connectivity index (χ1) is 7.61. The van der Waals surface area contributed by atoms with E-state index in [1.807, 2.05) is 0 Å². The molecule has 0 spiro atoms. The third-order valence-corrected chi connectivity index (χ3v) is 3.13. The molecule has 86 valence electrons. The van der Waals surface area contributed by atoms with E-state index in [4.69, 9.17) is 0 Å². The van der Waals surface area contributed by atoms with Gasteiger partial charge in [0.25, 0.3) is 0 Å². The van der Waals surface area contributed by atoms with Crippen LogP contribution in [-0.4, -0.2) is 0 Å². The highest BCUT2D eigenvalue weighted by Gasteiger charge is 2.09. The SMILES string of the molecule is C=C(C)/C(CC)=C(/CC)C(C)=C1C=CC=C1. The van der Waals surface area contributed by atoms with Crippen molar-refractivity contribution in [3.63, 3.8) is 0 Å². The standard InChI is InChI=1S/C16H22/c1-6-15(12(3)4)16(7-2)13(5)14-10-8-9-11-14/h8-11H,3,6-7H2,1-2,4-5H3/b16-15-. The van der Waals surface area contributed by atoms with E-state index in [-0.39, 0.29) is 0 Å². The van der Waals surface area contributed by atoms with Gasteiger partial charge in [-0.05, 0) is 49.0 Å². The van der Waals surface area contributed by atoms with Gasteiger partial charge in [-0.3, -0.25) is 0 Å². The van der Waals surface area contributed by atoms with Crippen molar-refractivity contribution >= 4 is 0 Å². The molecule has 0 fully saturated rings. The van der Waals surface area contributed by atoms with E-state index in [9.17, 15) is 0 Å². The van der Waals surface area contributed by atoms with Crippen LogP contribution in [0.2, 0.25) is 0 Å². The molecule has 0 heterocycles. The maximum atomic E-state index is 4.09. The minimum Gasteiger partial charge on any atom is -0.0958 e. The molecule has 0 radical (unpaired) electrons. The summed E-state index contributed by atoms with van der Waals surface area (Å²) in [6, 6.07) is 0. The van der Waals surface area contributed by atoms with E-state index in [1.165, 1.54) is 27.9 Å². The molecular weight excluding hydrogens is 192 g/mol. The van der Waals surface area contributed by atoms with E-state index in [1.54, 1.807) is 0 Å². The fourth-order valence-electron chi connectivity index (χ4n) is 2.28. The first-order valence-electron chi connectivity index (χ1n) is 6.05. The Bertz CT molecular complexity index is 381. The van der Waals surface area contributed by atoms with Crippen LogP contribution < -0.4 is 0 Å². The monoisotopic (exact) mass is 214 g/mol. The summed E-state index contributed by atoms with van der Waals surface area (Å²) in [5, 5.41) is 0. The molecule has 0 nitrogen and oxygen atoms in total. The Morgan fingerprint density at radius 1 is 1.00 bits per heavy atom. The van der Waals surface area contributed by atoms with Gasteiger partial charge in [-0.2, -0.15) is 0 Å². The van der Waals surface area contributed by atoms with Gasteiger partial charge in [-0.25, -0.2) is 0 Å². The molecule has 0 amide bonds. The summed E-state index contributed by atoms with van der Waals surface area (Å²) in [6.07, 6.45) is 10.7. The number of hydrogen-bond acceptors (Lipinski definition) is 0. The van der Waals surface area contributed by atoms with E-state index in [0.717, 1.165) is 12.8 Å². The minimum absolute atomic E-state index is 1.07. The minimum atomic E-state index is 1.07. The molecule has 0 aliphatic heterocycles. The average Bonchev–Trinajstić information content (AvgIpc) is 2.77. The first-order valence-corrected chi connectivity index (χ1v) is 6.05. The average molecular weight is 214 g/mol. The summed E-state index contributed by atoms with van der Waals surface area (Å²) >= 11 is 0. The molecule has 0 saturated heterocycles. The van der Waals surface area contributed by atoms with Crippen LogP contribution in [0.3, 0.4) is 0 Å². The molecule has 16 heavy (non-hydrogen) atoms. The van der Waals surface area contributed by atoms with Crippen LogP contribution in [0.5, 0.6) is 0 Å². The van der Waals surface area contributed by atoms with Gasteiger partial charge in [-0.1, -0.05) is 50.3 Å². The second kappa shape index (κ2) is 5.69. The predicted octanol–water partition coefficient (Wildman–Crippen LogP) is 5.12. The predicted molar refractivity (Wildman–Crippen MR) is 73.4 cm³/mol. The quantitative estimate of drug-likeness (QED) is 0.570. The molecule has 0 aromatic rings. The van der Waals surface area contributed by atoms with Gasteiger partial charge in [0.15, 0.2) is 0 Å². The highest BCUT2D eigenvalue weighted by molar-refractivity contribution is 5.52. The highest BCUT2D eigenvalue weighted by Crippen LogP contribution is 2.28. The van der Waals surface area contributed by atoms with Gasteiger partial charge < -0.3 is 0 Å². The number of hydrogen-bond donors (Lipinski definition) is 0. The van der Waals surface area contributed by atoms with Crippen LogP contribution in [0.15, 0.2) is 58.7 Å². The molecule has 1 aliphatic carbocycles. The highest BCUT2D eigenvalue weighted by atomic mass is 14.1. The van der Waals surface area contributed by atoms with Crippen LogP contribution in [0.1, 0.15) is 40.5 Å². The van der Waals surface area contributed by atoms with Gasteiger partial charge in [0, 0.05) is 0 Å². The third kappa shape index (κ3) is 2.63. The van der Waals surface area contributed by atoms with Gasteiger partial charge in [-0.15, -0.1) is 0 Å². The molecule has 1 rings (SSSR count). The lowest BCUT2D eigenvalue weighted by Gasteiger charge is -2.15. The topological polar surface area (TPSA) is 0 Å². The lowest BCUT2D eigenvalue weighted by molar-refractivity contribution is 0.997. The lowest BCUT2D eigenvalue weighted by Crippen LogP contribution is -1.95. The molecule has 0 aromatic heterocycles. The van der Waals surface area contributed by atoms with Crippen molar-refractivity contribution < 1.29 is 0 Å². The maximum absolute atomic E-state index is 4.09. The van der Waals surface area contributed by atoms with Gasteiger partial charge in [0.1, 0.15) is 0 Å². The summed E-state index contributed by atoms with van der Waals surface area (Å²) in [6.45, 7) is 12.8. The van der Waals surface area contributed by atoms with Crippen LogP contribution in [0, 0.1) is 0 Å². The fourth-order valence-corrected chi connectivity index (χ4v) is 2.28. The van der Waals surface area contributed by atoms with E-state index >= 15 is 0 Å². The van der Waals surface area contributed by atoms with Crippen molar-refractivity contribution in [1.29, 1.82) is 0 Å². The molecule has 0 aromatic carbocycles. The van der Waals surface area contributed by atoms with Crippen molar-refractivity contribution in [3.05, 3.63) is 58.7 Å². The summed E-state index contributed by atoms with van der Waals surface area (Å²) < 4.78 is 0. The Morgan fingerprint density at radius 2 is 1.50 bits per heavy atom. The summed E-state index contributed by atoms with van der Waals surface area (Å²) in [4.78, 5) is 0. The Kier molecular flexibility index (Phi) is 4.54. The summed E-state index contributed by atoms with van der Waals surface area (Å²) in [7, 11) is 0. The fraction of sp³-hybridized carbons (Fsp3) is 0.375. The normalized spacial score (nSPS) is 15.4. The van der Waals surface area contributed by atoms with Crippen molar-refractivity contribution in [1.82, 2.24) is 0 Å². The van der Waals surface area contributed by atoms with E-state index in [0.29, 0.717) is 0 Å². The van der Waals surface area contributed by atoms with Gasteiger partial charge >= 0.3 is 0 Å². The zero-order valence-corrected chi connectivity index (χ0v) is 10.9. The molecular formula is C16H22. The molecule has 0 N–H and O–H groups in total. The number of allylic oxidation sites excluding steroid dienone is 9. The Balaban J connectivity index is 3.25. The second-order valence-corrected chi connectivity index (χ2v) is 4.24. The number of rotatable bonds is 4.